The molecule has 3 fully saturated rings. The third-order valence-corrected chi connectivity index (χ3v) is 7.91. The van der Waals surface area contributed by atoms with Gasteiger partial charge in [-0.25, -0.2) is 9.37 Å². The number of carbonyl (C=O) groups is 1. The van der Waals surface area contributed by atoms with Gasteiger partial charge < -0.3 is 24.6 Å². The van der Waals surface area contributed by atoms with Gasteiger partial charge in [0.1, 0.15) is 12.4 Å². The minimum absolute atomic E-state index is 0.0123. The van der Waals surface area contributed by atoms with Crippen LogP contribution in [0, 0.1) is 5.82 Å². The van der Waals surface area contributed by atoms with Gasteiger partial charge in [0.05, 0.1) is 24.5 Å². The number of carbonyl (C=O) groups excluding carboxylic acids is 1. The summed E-state index contributed by atoms with van der Waals surface area (Å²) in [6.45, 7) is 10.2. The number of likely N-dealkylation sites (tertiary alicyclic amines) is 2. The van der Waals surface area contributed by atoms with Crippen molar-refractivity contribution in [2.75, 3.05) is 62.7 Å². The van der Waals surface area contributed by atoms with Crippen LogP contribution in [0.15, 0.2) is 37.1 Å². The summed E-state index contributed by atoms with van der Waals surface area (Å²) in [5, 5.41) is 3.37. The Balaban J connectivity index is 1.15. The lowest BCUT2D eigenvalue weighted by Crippen LogP contribution is -2.54. The van der Waals surface area contributed by atoms with Gasteiger partial charge in [-0.3, -0.25) is 9.69 Å². The summed E-state index contributed by atoms with van der Waals surface area (Å²) in [6, 6.07) is 6.11. The average Bonchev–Trinajstić information content (AvgIpc) is 3.08. The van der Waals surface area contributed by atoms with E-state index < -0.39 is 0 Å². The Bertz CT molecular complexity index is 1150. The summed E-state index contributed by atoms with van der Waals surface area (Å²) in [6.07, 6.45) is 5.11. The molecular formula is C27H32FN5O3. The molecule has 1 aromatic carbocycles. The molecular weight excluding hydrogens is 461 g/mol. The molecule has 4 aliphatic rings. The van der Waals surface area contributed by atoms with Crippen molar-refractivity contribution in [1.29, 1.82) is 0 Å². The van der Waals surface area contributed by atoms with E-state index in [1.165, 1.54) is 6.08 Å². The van der Waals surface area contributed by atoms with Crippen molar-refractivity contribution in [1.82, 2.24) is 14.8 Å². The largest absolute Gasteiger partial charge is 0.483 e. The number of anilines is 3. The SMILES string of the molecule is C=CC(=O)N1CCC(N2CC(c3cc(F)c4c(c3)Nc3nccc(N5CCOCC5)c3CO4)C2)CC1. The van der Waals surface area contributed by atoms with Crippen LogP contribution in [0.2, 0.25) is 0 Å². The highest BCUT2D eigenvalue weighted by atomic mass is 19.1. The van der Waals surface area contributed by atoms with Crippen LogP contribution in [0.5, 0.6) is 5.75 Å². The summed E-state index contributed by atoms with van der Waals surface area (Å²) in [5.74, 6) is 0.906. The summed E-state index contributed by atoms with van der Waals surface area (Å²) >= 11 is 0. The number of benzene rings is 1. The minimum atomic E-state index is -0.342. The maximum atomic E-state index is 15.2. The van der Waals surface area contributed by atoms with E-state index in [2.05, 4.69) is 26.7 Å². The van der Waals surface area contributed by atoms with Crippen LogP contribution >= 0.6 is 0 Å². The molecule has 4 aliphatic heterocycles. The van der Waals surface area contributed by atoms with Crippen LogP contribution < -0.4 is 15.0 Å². The van der Waals surface area contributed by atoms with Crippen molar-refractivity contribution >= 4 is 23.1 Å². The predicted molar refractivity (Wildman–Crippen MR) is 135 cm³/mol. The molecule has 0 saturated carbocycles. The quantitative estimate of drug-likeness (QED) is 0.656. The van der Waals surface area contributed by atoms with Crippen LogP contribution in [0.1, 0.15) is 29.9 Å². The number of nitrogens with zero attached hydrogens (tertiary/aromatic N) is 4. The third kappa shape index (κ3) is 4.30. The smallest absolute Gasteiger partial charge is 0.245 e. The van der Waals surface area contributed by atoms with E-state index in [-0.39, 0.29) is 30.0 Å². The minimum Gasteiger partial charge on any atom is -0.483 e. The average molecular weight is 494 g/mol. The summed E-state index contributed by atoms with van der Waals surface area (Å²) in [5.41, 5.74) is 3.60. The molecule has 8 nitrogen and oxygen atoms in total. The molecule has 0 unspecified atom stereocenters. The zero-order valence-corrected chi connectivity index (χ0v) is 20.4. The fourth-order valence-electron chi connectivity index (χ4n) is 5.80. The monoisotopic (exact) mass is 493 g/mol. The molecule has 190 valence electrons. The molecule has 5 heterocycles. The van der Waals surface area contributed by atoms with E-state index in [1.54, 1.807) is 12.3 Å². The van der Waals surface area contributed by atoms with Gasteiger partial charge >= 0.3 is 0 Å². The predicted octanol–water partition coefficient (Wildman–Crippen LogP) is 3.27. The maximum Gasteiger partial charge on any atom is 0.245 e. The molecule has 36 heavy (non-hydrogen) atoms. The zero-order chi connectivity index (χ0) is 24.6. The Labute approximate surface area is 210 Å². The summed E-state index contributed by atoms with van der Waals surface area (Å²) in [4.78, 5) is 23.0. The van der Waals surface area contributed by atoms with Crippen molar-refractivity contribution in [2.24, 2.45) is 0 Å². The van der Waals surface area contributed by atoms with Gasteiger partial charge in [0, 0.05) is 63.1 Å². The Morgan fingerprint density at radius 3 is 2.69 bits per heavy atom. The second-order valence-corrected chi connectivity index (χ2v) is 9.96. The number of morpholine rings is 1. The second kappa shape index (κ2) is 9.71. The van der Waals surface area contributed by atoms with Crippen molar-refractivity contribution in [3.63, 3.8) is 0 Å². The summed E-state index contributed by atoms with van der Waals surface area (Å²) < 4.78 is 26.7. The van der Waals surface area contributed by atoms with Crippen LogP contribution in [-0.4, -0.2) is 79.2 Å². The van der Waals surface area contributed by atoms with Crippen LogP contribution in [0.4, 0.5) is 21.6 Å². The van der Waals surface area contributed by atoms with Crippen molar-refractivity contribution in [3.8, 4) is 5.75 Å². The van der Waals surface area contributed by atoms with Crippen molar-refractivity contribution in [2.45, 2.75) is 31.4 Å². The first kappa shape index (κ1) is 23.2. The van der Waals surface area contributed by atoms with Crippen LogP contribution in [0.25, 0.3) is 0 Å². The number of ether oxygens (including phenoxy) is 2. The van der Waals surface area contributed by atoms with Crippen molar-refractivity contribution < 1.29 is 18.7 Å². The number of pyridine rings is 1. The molecule has 0 spiro atoms. The Morgan fingerprint density at radius 2 is 1.94 bits per heavy atom. The van der Waals surface area contributed by atoms with E-state index in [4.69, 9.17) is 9.47 Å². The molecule has 1 amide bonds. The van der Waals surface area contributed by atoms with Gasteiger partial charge in [0.15, 0.2) is 11.6 Å². The molecule has 2 aromatic rings. The molecule has 0 bridgehead atoms. The topological polar surface area (TPSA) is 70.2 Å². The Kier molecular flexibility index (Phi) is 6.27. The van der Waals surface area contributed by atoms with Gasteiger partial charge in [-0.05, 0) is 42.7 Å². The number of rotatable bonds is 4. The molecule has 1 aromatic heterocycles. The summed E-state index contributed by atoms with van der Waals surface area (Å²) in [7, 11) is 0. The molecule has 9 heteroatoms. The number of amides is 1. The van der Waals surface area contributed by atoms with E-state index in [0.717, 1.165) is 68.9 Å². The first-order valence-electron chi connectivity index (χ1n) is 12.8. The highest BCUT2D eigenvalue weighted by molar-refractivity contribution is 5.87. The van der Waals surface area contributed by atoms with E-state index in [0.29, 0.717) is 30.8 Å². The van der Waals surface area contributed by atoms with Crippen molar-refractivity contribution in [3.05, 3.63) is 54.0 Å². The Hall–Kier alpha value is -3.17. The number of hydrogen-bond donors (Lipinski definition) is 1. The first-order valence-corrected chi connectivity index (χ1v) is 12.8. The number of piperidine rings is 1. The van der Waals surface area contributed by atoms with Crippen LogP contribution in [0.3, 0.4) is 0 Å². The van der Waals surface area contributed by atoms with Gasteiger partial charge in [-0.2, -0.15) is 0 Å². The first-order chi connectivity index (χ1) is 17.6. The number of halogens is 1. The number of fused-ring (bicyclic) bond motifs is 2. The third-order valence-electron chi connectivity index (χ3n) is 7.91. The molecule has 0 radical (unpaired) electrons. The van der Waals surface area contributed by atoms with E-state index >= 15 is 4.39 Å². The molecule has 0 aliphatic carbocycles. The molecule has 1 N–H and O–H groups in total. The lowest BCUT2D eigenvalue weighted by atomic mass is 9.87. The highest BCUT2D eigenvalue weighted by Gasteiger charge is 2.36. The number of hydrogen-bond acceptors (Lipinski definition) is 7. The molecule has 0 atom stereocenters. The highest BCUT2D eigenvalue weighted by Crippen LogP contribution is 2.42. The van der Waals surface area contributed by atoms with Crippen LogP contribution in [-0.2, 0) is 16.1 Å². The van der Waals surface area contributed by atoms with Gasteiger partial charge in [-0.15, -0.1) is 0 Å². The normalized spacial score (nSPS) is 20.9. The maximum absolute atomic E-state index is 15.2. The second-order valence-electron chi connectivity index (χ2n) is 9.96. The standard InChI is InChI=1S/C27H32FN5O3/c1-2-25(34)32-7-4-20(5-8-32)33-15-19(16-33)18-13-22(28)26-23(14-18)30-27-21(17-36-26)24(3-6-29-27)31-9-11-35-12-10-31/h2-3,6,13-14,19-20H,1,4-5,7-12,15-17H2,(H,29,30). The lowest BCUT2D eigenvalue weighted by Gasteiger charge is -2.47. The van der Waals surface area contributed by atoms with Gasteiger partial charge in [0.25, 0.3) is 0 Å². The van der Waals surface area contributed by atoms with E-state index in [1.807, 2.05) is 17.0 Å². The fraction of sp³-hybridized carbons (Fsp3) is 0.481. The molecule has 6 rings (SSSR count). The lowest BCUT2D eigenvalue weighted by molar-refractivity contribution is -0.127. The van der Waals surface area contributed by atoms with Gasteiger partial charge in [-0.1, -0.05) is 6.58 Å². The zero-order valence-electron chi connectivity index (χ0n) is 20.4. The van der Waals surface area contributed by atoms with Gasteiger partial charge in [0.2, 0.25) is 5.91 Å². The van der Waals surface area contributed by atoms with E-state index in [9.17, 15) is 4.79 Å². The molecule has 3 saturated heterocycles. The fourth-order valence-corrected chi connectivity index (χ4v) is 5.80. The Morgan fingerprint density at radius 1 is 1.17 bits per heavy atom. The number of nitrogens with one attached hydrogen (secondary N) is 1. The number of aromatic nitrogens is 1.